The van der Waals surface area contributed by atoms with Crippen LogP contribution in [0.3, 0.4) is 0 Å². The van der Waals surface area contributed by atoms with Gasteiger partial charge in [0, 0.05) is 62.7 Å². The molecule has 3 heterocycles. The molecule has 2 aromatic carbocycles. The molecule has 0 spiro atoms. The monoisotopic (exact) mass is 515 g/mol. The maximum Gasteiger partial charge on any atom is 0.255 e. The Hall–Kier alpha value is -3.92. The molecule has 1 saturated heterocycles. The van der Waals surface area contributed by atoms with Crippen molar-refractivity contribution < 1.29 is 19.0 Å². The van der Waals surface area contributed by atoms with Crippen molar-refractivity contribution in [2.24, 2.45) is 0 Å². The summed E-state index contributed by atoms with van der Waals surface area (Å²) in [6, 6.07) is 17.2. The molecule has 5 rings (SSSR count). The number of carbonyl (C=O) groups excluding carboxylic acids is 1. The Labute approximate surface area is 222 Å². The number of hydrogen-bond acceptors (Lipinski definition) is 7. The van der Waals surface area contributed by atoms with E-state index < -0.39 is 0 Å². The molecule has 0 bridgehead atoms. The number of benzene rings is 2. The Morgan fingerprint density at radius 3 is 2.58 bits per heavy atom. The molecule has 1 aliphatic heterocycles. The van der Waals surface area contributed by atoms with E-state index in [0.29, 0.717) is 22.7 Å². The number of rotatable bonds is 9. The van der Waals surface area contributed by atoms with Crippen molar-refractivity contribution in [1.29, 1.82) is 0 Å². The summed E-state index contributed by atoms with van der Waals surface area (Å²) in [5.41, 5.74) is 5.55. The van der Waals surface area contributed by atoms with E-state index in [9.17, 15) is 4.79 Å². The van der Waals surface area contributed by atoms with Gasteiger partial charge in [-0.05, 0) is 30.3 Å². The quantitative estimate of drug-likeness (QED) is 0.350. The van der Waals surface area contributed by atoms with Crippen molar-refractivity contribution in [2.45, 2.75) is 13.2 Å². The number of anilines is 1. The number of fused-ring (bicyclic) bond motifs is 1. The van der Waals surface area contributed by atoms with Gasteiger partial charge in [0.05, 0.1) is 37.9 Å². The Morgan fingerprint density at radius 1 is 1.03 bits per heavy atom. The summed E-state index contributed by atoms with van der Waals surface area (Å²) < 4.78 is 18.5. The maximum absolute atomic E-state index is 13.5. The molecule has 4 aromatic rings. The lowest BCUT2D eigenvalue weighted by molar-refractivity contribution is 0.102. The predicted molar refractivity (Wildman–Crippen MR) is 147 cm³/mol. The molecule has 2 N–H and O–H groups in total. The molecule has 9 nitrogen and oxygen atoms in total. The molecule has 0 saturated carbocycles. The van der Waals surface area contributed by atoms with Gasteiger partial charge in [-0.25, -0.2) is 4.98 Å². The number of hydrogen-bond donors (Lipinski definition) is 2. The van der Waals surface area contributed by atoms with Crippen LogP contribution in [0.2, 0.25) is 0 Å². The minimum atomic E-state index is -0.261. The summed E-state index contributed by atoms with van der Waals surface area (Å²) in [6.45, 7) is 4.93. The van der Waals surface area contributed by atoms with E-state index in [4.69, 9.17) is 19.2 Å². The lowest BCUT2D eigenvalue weighted by Crippen LogP contribution is -2.43. The van der Waals surface area contributed by atoms with Gasteiger partial charge in [-0.15, -0.1) is 0 Å². The summed E-state index contributed by atoms with van der Waals surface area (Å²) >= 11 is 0. The van der Waals surface area contributed by atoms with Gasteiger partial charge < -0.3 is 29.2 Å². The van der Waals surface area contributed by atoms with Crippen LogP contribution in [0.4, 0.5) is 5.69 Å². The number of methoxy groups -OCH3 is 3. The summed E-state index contributed by atoms with van der Waals surface area (Å²) in [5.74, 6) is 0.760. The first-order chi connectivity index (χ1) is 18.6. The van der Waals surface area contributed by atoms with Gasteiger partial charge in [-0.1, -0.05) is 24.3 Å². The number of para-hydroxylation sites is 1. The number of imidazole rings is 1. The Balaban J connectivity index is 1.52. The second kappa shape index (κ2) is 11.6. The zero-order valence-electron chi connectivity index (χ0n) is 22.0. The average molecular weight is 516 g/mol. The number of pyridine rings is 1. The summed E-state index contributed by atoms with van der Waals surface area (Å²) in [5, 5.41) is 6.52. The van der Waals surface area contributed by atoms with E-state index in [1.807, 2.05) is 48.7 Å². The minimum absolute atomic E-state index is 0.261. The number of amides is 1. The third-order valence-corrected chi connectivity index (χ3v) is 6.76. The average Bonchev–Trinajstić information content (AvgIpc) is 3.31. The van der Waals surface area contributed by atoms with Crippen LogP contribution in [0.15, 0.2) is 60.8 Å². The van der Waals surface area contributed by atoms with Gasteiger partial charge in [0.2, 0.25) is 0 Å². The van der Waals surface area contributed by atoms with Crippen molar-refractivity contribution in [2.75, 3.05) is 52.8 Å². The Kier molecular flexibility index (Phi) is 7.88. The molecule has 0 atom stereocenters. The van der Waals surface area contributed by atoms with E-state index in [1.165, 1.54) is 0 Å². The predicted octanol–water partition coefficient (Wildman–Crippen LogP) is 3.82. The molecule has 0 unspecified atom stereocenters. The molecule has 0 radical (unpaired) electrons. The van der Waals surface area contributed by atoms with Crippen LogP contribution in [0.25, 0.3) is 16.9 Å². The fourth-order valence-corrected chi connectivity index (χ4v) is 4.92. The van der Waals surface area contributed by atoms with Crippen molar-refractivity contribution in [3.8, 4) is 22.8 Å². The van der Waals surface area contributed by atoms with Gasteiger partial charge in [0.15, 0.2) is 11.5 Å². The number of ether oxygens (including phenoxy) is 3. The summed E-state index contributed by atoms with van der Waals surface area (Å²) in [7, 11) is 4.72. The number of nitrogens with one attached hydrogen (secondary N) is 2. The first-order valence-electron chi connectivity index (χ1n) is 12.7. The minimum Gasteiger partial charge on any atom is -0.493 e. The highest BCUT2D eigenvalue weighted by Gasteiger charge is 2.22. The molecule has 2 aromatic heterocycles. The molecule has 1 fully saturated rings. The lowest BCUT2D eigenvalue weighted by Gasteiger charge is -2.27. The molecule has 1 amide bonds. The number of carbonyl (C=O) groups is 1. The number of aromatic nitrogens is 2. The van der Waals surface area contributed by atoms with Crippen LogP contribution >= 0.6 is 0 Å². The van der Waals surface area contributed by atoms with Crippen LogP contribution in [0, 0.1) is 0 Å². The van der Waals surface area contributed by atoms with Crippen LogP contribution in [0.5, 0.6) is 11.5 Å². The fraction of sp³-hybridized carbons (Fsp3) is 0.310. The number of piperazine rings is 1. The highest BCUT2D eigenvalue weighted by Crippen LogP contribution is 2.35. The Bertz CT molecular complexity index is 1430. The first kappa shape index (κ1) is 25.7. The highest BCUT2D eigenvalue weighted by molar-refractivity contribution is 6.06. The van der Waals surface area contributed by atoms with Crippen LogP contribution < -0.4 is 20.1 Å². The summed E-state index contributed by atoms with van der Waals surface area (Å²) in [6.07, 6.45) is 2.05. The van der Waals surface area contributed by atoms with Crippen molar-refractivity contribution in [3.63, 3.8) is 0 Å². The van der Waals surface area contributed by atoms with E-state index in [2.05, 4.69) is 19.9 Å². The van der Waals surface area contributed by atoms with E-state index in [-0.39, 0.29) is 12.5 Å². The Morgan fingerprint density at radius 2 is 1.82 bits per heavy atom. The SMILES string of the molecule is COCc1cc(C(=O)Nc2ccccc2-c2nc3ccccn3c2CN2CCNCC2)cc(OC)c1OC. The van der Waals surface area contributed by atoms with E-state index in [0.717, 1.165) is 60.9 Å². The molecular formula is C29H33N5O4. The van der Waals surface area contributed by atoms with Crippen LogP contribution in [-0.2, 0) is 17.9 Å². The molecule has 0 aliphatic carbocycles. The molecule has 198 valence electrons. The third-order valence-electron chi connectivity index (χ3n) is 6.76. The van der Waals surface area contributed by atoms with E-state index >= 15 is 0 Å². The second-order valence-corrected chi connectivity index (χ2v) is 9.17. The zero-order chi connectivity index (χ0) is 26.5. The second-order valence-electron chi connectivity index (χ2n) is 9.17. The topological polar surface area (TPSA) is 89.4 Å². The van der Waals surface area contributed by atoms with Gasteiger partial charge in [0.25, 0.3) is 5.91 Å². The smallest absolute Gasteiger partial charge is 0.255 e. The highest BCUT2D eigenvalue weighted by atomic mass is 16.5. The third kappa shape index (κ3) is 5.22. The van der Waals surface area contributed by atoms with Crippen molar-refractivity contribution in [1.82, 2.24) is 19.6 Å². The lowest BCUT2D eigenvalue weighted by atomic mass is 10.1. The van der Waals surface area contributed by atoms with Crippen LogP contribution in [-0.4, -0.2) is 67.7 Å². The number of nitrogens with zero attached hydrogens (tertiary/aromatic N) is 3. The standard InChI is InChI=1S/C29H33N5O4/c1-36-19-21-16-20(17-25(37-2)28(21)38-3)29(35)31-23-9-5-4-8-22(23)27-24(18-33-14-11-30-12-15-33)34-13-7-6-10-26(34)32-27/h4-10,13,16-17,30H,11-12,14-15,18-19H2,1-3H3,(H,31,35). The first-order valence-corrected chi connectivity index (χ1v) is 12.7. The molecule has 9 heteroatoms. The van der Waals surface area contributed by atoms with Gasteiger partial charge in [0.1, 0.15) is 5.65 Å². The van der Waals surface area contributed by atoms with Gasteiger partial charge in [-0.3, -0.25) is 9.69 Å². The zero-order valence-corrected chi connectivity index (χ0v) is 22.0. The van der Waals surface area contributed by atoms with E-state index in [1.54, 1.807) is 33.5 Å². The van der Waals surface area contributed by atoms with Gasteiger partial charge in [-0.2, -0.15) is 0 Å². The normalized spacial score (nSPS) is 14.0. The largest absolute Gasteiger partial charge is 0.493 e. The van der Waals surface area contributed by atoms with Crippen LogP contribution in [0.1, 0.15) is 21.6 Å². The fourth-order valence-electron chi connectivity index (χ4n) is 4.92. The van der Waals surface area contributed by atoms with Crippen molar-refractivity contribution >= 4 is 17.2 Å². The van der Waals surface area contributed by atoms with Crippen molar-refractivity contribution in [3.05, 3.63) is 77.6 Å². The van der Waals surface area contributed by atoms with Gasteiger partial charge >= 0.3 is 0 Å². The molecular weight excluding hydrogens is 482 g/mol. The molecule has 1 aliphatic rings. The molecule has 38 heavy (non-hydrogen) atoms. The maximum atomic E-state index is 13.5. The summed E-state index contributed by atoms with van der Waals surface area (Å²) in [4.78, 5) is 20.9.